The number of nitrogens with two attached hydrogens (primary N) is 1. The Kier molecular flexibility index (Phi) is 3.72. The van der Waals surface area contributed by atoms with Gasteiger partial charge in [-0.05, 0) is 6.92 Å². The van der Waals surface area contributed by atoms with Crippen LogP contribution in [0, 0.1) is 0 Å². The van der Waals surface area contributed by atoms with E-state index in [0.717, 1.165) is 0 Å². The van der Waals surface area contributed by atoms with E-state index in [0.29, 0.717) is 18.2 Å². The van der Waals surface area contributed by atoms with E-state index in [1.165, 1.54) is 13.4 Å². The van der Waals surface area contributed by atoms with E-state index in [4.69, 9.17) is 15.2 Å². The van der Waals surface area contributed by atoms with Gasteiger partial charge in [-0.3, -0.25) is 0 Å². The van der Waals surface area contributed by atoms with Crippen molar-refractivity contribution in [1.82, 2.24) is 9.97 Å². The molecule has 0 atom stereocenters. The van der Waals surface area contributed by atoms with Crippen LogP contribution in [0.3, 0.4) is 0 Å². The molecule has 76 valence electrons. The molecule has 0 radical (unpaired) electrons. The van der Waals surface area contributed by atoms with Crippen molar-refractivity contribution in [2.75, 3.05) is 19.5 Å². The second kappa shape index (κ2) is 5.06. The summed E-state index contributed by atoms with van der Waals surface area (Å²) in [7, 11) is 1.50. The Labute approximate surface area is 82.6 Å². The molecule has 14 heavy (non-hydrogen) atoms. The first-order valence-corrected chi connectivity index (χ1v) is 4.18. The molecule has 0 aliphatic rings. The fourth-order valence-corrected chi connectivity index (χ4v) is 0.888. The van der Waals surface area contributed by atoms with Gasteiger partial charge in [-0.2, -0.15) is 4.98 Å². The van der Waals surface area contributed by atoms with Gasteiger partial charge in [0.25, 0.3) is 5.88 Å². The third kappa shape index (κ3) is 2.35. The molecule has 0 saturated heterocycles. The number of hydrogen-bond donors (Lipinski definition) is 1. The molecule has 1 aromatic heterocycles. The summed E-state index contributed by atoms with van der Waals surface area (Å²) in [6.45, 7) is 2.35. The van der Waals surface area contributed by atoms with E-state index in [1.807, 2.05) is 19.1 Å². The maximum atomic E-state index is 5.56. The number of nitrogen functional groups attached to an aromatic ring is 1. The van der Waals surface area contributed by atoms with Gasteiger partial charge in [-0.25, -0.2) is 4.98 Å². The van der Waals surface area contributed by atoms with Gasteiger partial charge in [0.15, 0.2) is 5.82 Å². The second-order valence-corrected chi connectivity index (χ2v) is 2.48. The zero-order chi connectivity index (χ0) is 10.4. The molecule has 0 aliphatic heterocycles. The van der Waals surface area contributed by atoms with E-state index in [9.17, 15) is 0 Å². The van der Waals surface area contributed by atoms with Crippen molar-refractivity contribution >= 4 is 5.82 Å². The van der Waals surface area contributed by atoms with Crippen molar-refractivity contribution in [3.8, 4) is 11.6 Å². The van der Waals surface area contributed by atoms with E-state index >= 15 is 0 Å². The Morgan fingerprint density at radius 3 is 2.93 bits per heavy atom. The minimum absolute atomic E-state index is 0.276. The van der Waals surface area contributed by atoms with E-state index < -0.39 is 0 Å². The molecule has 0 aliphatic carbocycles. The lowest BCUT2D eigenvalue weighted by molar-refractivity contribution is 0.313. The van der Waals surface area contributed by atoms with Gasteiger partial charge >= 0.3 is 0 Å². The molecule has 5 heteroatoms. The summed E-state index contributed by atoms with van der Waals surface area (Å²) in [6.07, 6.45) is 5.08. The Balaban J connectivity index is 2.79. The van der Waals surface area contributed by atoms with Crippen LogP contribution in [0.2, 0.25) is 0 Å². The predicted molar refractivity (Wildman–Crippen MR) is 53.3 cm³/mol. The molecule has 2 N–H and O–H groups in total. The largest absolute Gasteiger partial charge is 0.489 e. The standard InChI is InChI=1S/C9H13N3O2/c1-3-4-5-14-9-7(13-2)8(10)11-6-12-9/h3-4,6H,5H2,1-2H3,(H2,10,11,12)/b4-3+. The Morgan fingerprint density at radius 1 is 1.50 bits per heavy atom. The molecule has 0 unspecified atom stereocenters. The third-order valence-electron chi connectivity index (χ3n) is 1.55. The molecule has 1 heterocycles. The van der Waals surface area contributed by atoms with E-state index in [-0.39, 0.29) is 5.82 Å². The summed E-state index contributed by atoms with van der Waals surface area (Å²) in [6, 6.07) is 0. The highest BCUT2D eigenvalue weighted by Crippen LogP contribution is 2.28. The molecule has 0 spiro atoms. The summed E-state index contributed by atoms with van der Waals surface area (Å²) >= 11 is 0. The summed E-state index contributed by atoms with van der Waals surface area (Å²) in [5, 5.41) is 0. The first-order valence-electron chi connectivity index (χ1n) is 4.18. The number of nitrogens with zero attached hydrogens (tertiary/aromatic N) is 2. The SMILES string of the molecule is C/C=C/COc1ncnc(N)c1OC. The average molecular weight is 195 g/mol. The molecular formula is C9H13N3O2. The van der Waals surface area contributed by atoms with Gasteiger partial charge in [-0.15, -0.1) is 0 Å². The van der Waals surface area contributed by atoms with Crippen LogP contribution in [0.25, 0.3) is 0 Å². The Morgan fingerprint density at radius 2 is 2.29 bits per heavy atom. The molecule has 0 saturated carbocycles. The van der Waals surface area contributed by atoms with Crippen molar-refractivity contribution in [2.24, 2.45) is 0 Å². The number of methoxy groups -OCH3 is 1. The molecule has 0 amide bonds. The number of allylic oxidation sites excluding steroid dienone is 1. The number of aromatic nitrogens is 2. The average Bonchev–Trinajstić information content (AvgIpc) is 2.18. The van der Waals surface area contributed by atoms with Crippen molar-refractivity contribution in [1.29, 1.82) is 0 Å². The Bertz CT molecular complexity index is 326. The summed E-state index contributed by atoms with van der Waals surface area (Å²) in [4.78, 5) is 7.69. The van der Waals surface area contributed by atoms with Crippen molar-refractivity contribution < 1.29 is 9.47 Å². The molecule has 1 aromatic rings. The van der Waals surface area contributed by atoms with Crippen LogP contribution in [0.4, 0.5) is 5.82 Å². The number of ether oxygens (including phenoxy) is 2. The monoisotopic (exact) mass is 195 g/mol. The smallest absolute Gasteiger partial charge is 0.262 e. The fourth-order valence-electron chi connectivity index (χ4n) is 0.888. The quantitative estimate of drug-likeness (QED) is 0.726. The maximum Gasteiger partial charge on any atom is 0.262 e. The first kappa shape index (κ1) is 10.3. The van der Waals surface area contributed by atoms with Crippen LogP contribution in [0.15, 0.2) is 18.5 Å². The fraction of sp³-hybridized carbons (Fsp3) is 0.333. The lowest BCUT2D eigenvalue weighted by Crippen LogP contribution is -2.03. The van der Waals surface area contributed by atoms with Crippen LogP contribution in [-0.2, 0) is 0 Å². The van der Waals surface area contributed by atoms with Gasteiger partial charge in [0.2, 0.25) is 5.75 Å². The minimum Gasteiger partial charge on any atom is -0.489 e. The van der Waals surface area contributed by atoms with Crippen LogP contribution >= 0.6 is 0 Å². The third-order valence-corrected chi connectivity index (χ3v) is 1.55. The zero-order valence-corrected chi connectivity index (χ0v) is 8.23. The highest BCUT2D eigenvalue weighted by atomic mass is 16.5. The topological polar surface area (TPSA) is 70.3 Å². The molecule has 5 nitrogen and oxygen atoms in total. The molecule has 0 fully saturated rings. The summed E-state index contributed by atoms with van der Waals surface area (Å²) in [5.41, 5.74) is 5.56. The molecule has 0 bridgehead atoms. The number of anilines is 1. The predicted octanol–water partition coefficient (Wildman–Crippen LogP) is 1.02. The summed E-state index contributed by atoms with van der Waals surface area (Å²) < 4.78 is 10.3. The van der Waals surface area contributed by atoms with Gasteiger partial charge in [0, 0.05) is 0 Å². The normalized spacial score (nSPS) is 10.4. The zero-order valence-electron chi connectivity index (χ0n) is 8.23. The van der Waals surface area contributed by atoms with Crippen LogP contribution < -0.4 is 15.2 Å². The lowest BCUT2D eigenvalue weighted by atomic mass is 10.5. The minimum atomic E-state index is 0.276. The van der Waals surface area contributed by atoms with Crippen molar-refractivity contribution in [2.45, 2.75) is 6.92 Å². The van der Waals surface area contributed by atoms with E-state index in [2.05, 4.69) is 9.97 Å². The van der Waals surface area contributed by atoms with Crippen LogP contribution in [-0.4, -0.2) is 23.7 Å². The van der Waals surface area contributed by atoms with Crippen molar-refractivity contribution in [3.63, 3.8) is 0 Å². The molecule has 1 rings (SSSR count). The maximum absolute atomic E-state index is 5.56. The van der Waals surface area contributed by atoms with Crippen molar-refractivity contribution in [3.05, 3.63) is 18.5 Å². The van der Waals surface area contributed by atoms with Gasteiger partial charge < -0.3 is 15.2 Å². The highest BCUT2D eigenvalue weighted by Gasteiger charge is 2.09. The lowest BCUT2D eigenvalue weighted by Gasteiger charge is -2.08. The second-order valence-electron chi connectivity index (χ2n) is 2.48. The number of hydrogen-bond acceptors (Lipinski definition) is 5. The number of rotatable bonds is 4. The van der Waals surface area contributed by atoms with Gasteiger partial charge in [0.05, 0.1) is 7.11 Å². The Hall–Kier alpha value is -1.78. The molecular weight excluding hydrogens is 182 g/mol. The van der Waals surface area contributed by atoms with Crippen LogP contribution in [0.1, 0.15) is 6.92 Å². The highest BCUT2D eigenvalue weighted by molar-refractivity contribution is 5.51. The molecule has 0 aromatic carbocycles. The van der Waals surface area contributed by atoms with E-state index in [1.54, 1.807) is 0 Å². The first-order chi connectivity index (χ1) is 6.79. The van der Waals surface area contributed by atoms with Gasteiger partial charge in [0.1, 0.15) is 12.9 Å². The van der Waals surface area contributed by atoms with Gasteiger partial charge in [-0.1, -0.05) is 12.2 Å². The van der Waals surface area contributed by atoms with Crippen LogP contribution in [0.5, 0.6) is 11.6 Å². The summed E-state index contributed by atoms with van der Waals surface area (Å²) in [5.74, 6) is 1.01.